The summed E-state index contributed by atoms with van der Waals surface area (Å²) >= 11 is 0. The fourth-order valence-corrected chi connectivity index (χ4v) is 3.57. The van der Waals surface area contributed by atoms with Gasteiger partial charge in [-0.15, -0.1) is 10.2 Å². The van der Waals surface area contributed by atoms with Crippen LogP contribution in [-0.2, 0) is 18.3 Å². The molecule has 2 heterocycles. The second-order valence-corrected chi connectivity index (χ2v) is 7.94. The van der Waals surface area contributed by atoms with Crippen LogP contribution in [0, 0.1) is 6.92 Å². The van der Waals surface area contributed by atoms with Gasteiger partial charge in [-0.05, 0) is 25.8 Å². The summed E-state index contributed by atoms with van der Waals surface area (Å²) in [6, 6.07) is 10.5. The van der Waals surface area contributed by atoms with E-state index in [0.717, 1.165) is 76.5 Å². The molecule has 3 rings (SSSR count). The van der Waals surface area contributed by atoms with Crippen LogP contribution in [0.4, 0.5) is 0 Å². The van der Waals surface area contributed by atoms with Gasteiger partial charge in [-0.1, -0.05) is 42.5 Å². The predicted molar refractivity (Wildman–Crippen MR) is 129 cm³/mol. The molecule has 174 valence electrons. The van der Waals surface area contributed by atoms with Crippen molar-refractivity contribution in [1.29, 1.82) is 0 Å². The zero-order valence-electron chi connectivity index (χ0n) is 19.7. The van der Waals surface area contributed by atoms with Crippen molar-refractivity contribution < 1.29 is 4.74 Å². The molecule has 1 aliphatic rings. The minimum Gasteiger partial charge on any atom is -0.382 e. The molecule has 0 radical (unpaired) electrons. The first-order valence-electron chi connectivity index (χ1n) is 11.6. The molecule has 1 saturated heterocycles. The second kappa shape index (κ2) is 13.0. The summed E-state index contributed by atoms with van der Waals surface area (Å²) in [4.78, 5) is 9.70. The van der Waals surface area contributed by atoms with E-state index in [4.69, 9.17) is 9.73 Å². The molecule has 1 aromatic carbocycles. The summed E-state index contributed by atoms with van der Waals surface area (Å²) in [7, 11) is 1.98. The number of nitrogens with zero attached hydrogens (tertiary/aromatic N) is 6. The van der Waals surface area contributed by atoms with Crippen LogP contribution in [0.1, 0.15) is 30.6 Å². The minimum absolute atomic E-state index is 0.519. The van der Waals surface area contributed by atoms with E-state index in [1.54, 1.807) is 0 Å². The lowest BCUT2D eigenvalue weighted by atomic mass is 10.2. The lowest BCUT2D eigenvalue weighted by molar-refractivity contribution is 0.145. The van der Waals surface area contributed by atoms with Crippen molar-refractivity contribution in [2.75, 3.05) is 52.5 Å². The number of benzene rings is 1. The second-order valence-electron chi connectivity index (χ2n) is 7.94. The third kappa shape index (κ3) is 7.46. The van der Waals surface area contributed by atoms with Gasteiger partial charge in [-0.3, -0.25) is 4.90 Å². The van der Waals surface area contributed by atoms with Crippen LogP contribution in [0.25, 0.3) is 6.08 Å². The van der Waals surface area contributed by atoms with Gasteiger partial charge in [-0.2, -0.15) is 0 Å². The van der Waals surface area contributed by atoms with Gasteiger partial charge in [0.15, 0.2) is 11.8 Å². The Labute approximate surface area is 192 Å². The molecule has 0 atom stereocenters. The van der Waals surface area contributed by atoms with Crippen molar-refractivity contribution in [1.82, 2.24) is 29.9 Å². The van der Waals surface area contributed by atoms with Crippen LogP contribution >= 0.6 is 0 Å². The van der Waals surface area contributed by atoms with E-state index in [1.165, 1.54) is 5.56 Å². The first kappa shape index (κ1) is 23.9. The Morgan fingerprint density at radius 3 is 2.62 bits per heavy atom. The number of aromatic nitrogens is 3. The van der Waals surface area contributed by atoms with Gasteiger partial charge >= 0.3 is 0 Å². The van der Waals surface area contributed by atoms with E-state index in [2.05, 4.69) is 61.7 Å². The number of hydrogen-bond donors (Lipinski definition) is 1. The maximum atomic E-state index is 5.46. The maximum absolute atomic E-state index is 5.46. The standard InChI is InChI=1S/C24H37N7O/c1-4-32-19-9-13-25-24(26-20-23-28-27-21(2)29(23)3)31-17-15-30(16-18-31)14-8-12-22-10-6-5-7-11-22/h5-8,10-12H,4,9,13-20H2,1-3H3,(H,25,26)/b12-8+. The van der Waals surface area contributed by atoms with Gasteiger partial charge in [0.25, 0.3) is 0 Å². The normalized spacial score (nSPS) is 15.6. The van der Waals surface area contributed by atoms with Crippen molar-refractivity contribution in [3.8, 4) is 0 Å². The monoisotopic (exact) mass is 439 g/mol. The van der Waals surface area contributed by atoms with Crippen molar-refractivity contribution in [2.45, 2.75) is 26.8 Å². The van der Waals surface area contributed by atoms with E-state index in [-0.39, 0.29) is 0 Å². The van der Waals surface area contributed by atoms with Crippen molar-refractivity contribution in [3.63, 3.8) is 0 Å². The smallest absolute Gasteiger partial charge is 0.194 e. The van der Waals surface area contributed by atoms with E-state index in [9.17, 15) is 0 Å². The Morgan fingerprint density at radius 2 is 1.94 bits per heavy atom. The molecule has 1 aromatic heterocycles. The zero-order valence-corrected chi connectivity index (χ0v) is 19.7. The number of aliphatic imine (C=N–C) groups is 1. The lowest BCUT2D eigenvalue weighted by Crippen LogP contribution is -2.52. The summed E-state index contributed by atoms with van der Waals surface area (Å²) in [6.07, 6.45) is 5.41. The summed E-state index contributed by atoms with van der Waals surface area (Å²) in [5, 5.41) is 11.9. The molecule has 32 heavy (non-hydrogen) atoms. The highest BCUT2D eigenvalue weighted by molar-refractivity contribution is 5.80. The van der Waals surface area contributed by atoms with Crippen molar-refractivity contribution in [2.24, 2.45) is 12.0 Å². The lowest BCUT2D eigenvalue weighted by Gasteiger charge is -2.36. The van der Waals surface area contributed by atoms with Crippen LogP contribution in [0.2, 0.25) is 0 Å². The molecule has 8 nitrogen and oxygen atoms in total. The Balaban J connectivity index is 1.52. The molecule has 0 bridgehead atoms. The molecular weight excluding hydrogens is 402 g/mol. The number of guanidine groups is 1. The van der Waals surface area contributed by atoms with Crippen LogP contribution < -0.4 is 5.32 Å². The van der Waals surface area contributed by atoms with Gasteiger partial charge in [0.2, 0.25) is 0 Å². The number of rotatable bonds is 10. The zero-order chi connectivity index (χ0) is 22.6. The van der Waals surface area contributed by atoms with Crippen LogP contribution in [0.15, 0.2) is 41.4 Å². The fourth-order valence-electron chi connectivity index (χ4n) is 3.57. The number of piperazine rings is 1. The molecular formula is C24H37N7O. The Bertz CT molecular complexity index is 854. The molecule has 1 aliphatic heterocycles. The van der Waals surface area contributed by atoms with Gasteiger partial charge in [-0.25, -0.2) is 4.99 Å². The Morgan fingerprint density at radius 1 is 1.16 bits per heavy atom. The third-order valence-corrected chi connectivity index (χ3v) is 5.65. The maximum Gasteiger partial charge on any atom is 0.194 e. The molecule has 1 fully saturated rings. The van der Waals surface area contributed by atoms with Crippen molar-refractivity contribution in [3.05, 3.63) is 53.6 Å². The molecule has 0 aliphatic carbocycles. The summed E-state index contributed by atoms with van der Waals surface area (Å²) in [6.45, 7) is 11.8. The number of aryl methyl sites for hydroxylation is 1. The van der Waals surface area contributed by atoms with Gasteiger partial charge in [0, 0.05) is 59.5 Å². The van der Waals surface area contributed by atoms with Gasteiger partial charge in [0.05, 0.1) is 0 Å². The number of ether oxygens (including phenoxy) is 1. The first-order valence-corrected chi connectivity index (χ1v) is 11.6. The fraction of sp³-hybridized carbons (Fsp3) is 0.542. The van der Waals surface area contributed by atoms with Crippen LogP contribution in [-0.4, -0.2) is 83.0 Å². The topological polar surface area (TPSA) is 70.8 Å². The van der Waals surface area contributed by atoms with E-state index >= 15 is 0 Å². The quantitative estimate of drug-likeness (QED) is 0.348. The molecule has 0 spiro atoms. The first-order chi connectivity index (χ1) is 15.7. The predicted octanol–water partition coefficient (Wildman–Crippen LogP) is 2.33. The molecule has 0 amide bonds. The minimum atomic E-state index is 0.519. The third-order valence-electron chi connectivity index (χ3n) is 5.65. The SMILES string of the molecule is CCOCCCNC(=NCc1nnc(C)n1C)N1CCN(C/C=C/c2ccccc2)CC1. The summed E-state index contributed by atoms with van der Waals surface area (Å²) in [5.74, 6) is 2.72. The molecule has 2 aromatic rings. The van der Waals surface area contributed by atoms with E-state index < -0.39 is 0 Å². The highest BCUT2D eigenvalue weighted by Crippen LogP contribution is 2.06. The number of hydrogen-bond acceptors (Lipinski definition) is 5. The Hall–Kier alpha value is -2.71. The van der Waals surface area contributed by atoms with Crippen molar-refractivity contribution >= 4 is 12.0 Å². The number of nitrogens with one attached hydrogen (secondary N) is 1. The molecule has 0 saturated carbocycles. The van der Waals surface area contributed by atoms with Gasteiger partial charge in [0.1, 0.15) is 12.4 Å². The highest BCUT2D eigenvalue weighted by atomic mass is 16.5. The van der Waals surface area contributed by atoms with Crippen LogP contribution in [0.5, 0.6) is 0 Å². The highest BCUT2D eigenvalue weighted by Gasteiger charge is 2.19. The average molecular weight is 440 g/mol. The van der Waals surface area contributed by atoms with E-state index in [0.29, 0.717) is 6.54 Å². The molecule has 0 unspecified atom stereocenters. The van der Waals surface area contributed by atoms with Crippen LogP contribution in [0.3, 0.4) is 0 Å². The van der Waals surface area contributed by atoms with E-state index in [1.807, 2.05) is 31.5 Å². The Kier molecular flexibility index (Phi) is 9.71. The summed E-state index contributed by atoms with van der Waals surface area (Å²) in [5.41, 5.74) is 1.25. The van der Waals surface area contributed by atoms with Gasteiger partial charge < -0.3 is 19.5 Å². The molecule has 8 heteroatoms. The molecule has 1 N–H and O–H groups in total. The largest absolute Gasteiger partial charge is 0.382 e. The summed E-state index contributed by atoms with van der Waals surface area (Å²) < 4.78 is 7.46. The average Bonchev–Trinajstić information content (AvgIpc) is 3.14.